The molecule has 29 heavy (non-hydrogen) atoms. The van der Waals surface area contributed by atoms with Gasteiger partial charge in [-0.1, -0.05) is 23.7 Å². The highest BCUT2D eigenvalue weighted by atomic mass is 35.5. The third-order valence-electron chi connectivity index (χ3n) is 4.57. The van der Waals surface area contributed by atoms with Gasteiger partial charge in [-0.3, -0.25) is 14.3 Å². The van der Waals surface area contributed by atoms with Gasteiger partial charge in [0.2, 0.25) is 5.91 Å². The van der Waals surface area contributed by atoms with Crippen LogP contribution in [0.3, 0.4) is 0 Å². The van der Waals surface area contributed by atoms with Crippen LogP contribution in [0.5, 0.6) is 0 Å². The fourth-order valence-electron chi connectivity index (χ4n) is 3.15. The molecule has 0 fully saturated rings. The first kappa shape index (κ1) is 19.2. The highest BCUT2D eigenvalue weighted by Crippen LogP contribution is 2.27. The molecule has 0 bridgehead atoms. The van der Waals surface area contributed by atoms with Gasteiger partial charge in [0.1, 0.15) is 6.10 Å². The SMILES string of the molecule is CC(=O)Nc1ccc(NC(=O)c2cc3n(n2)C[C@@H](c2ccc(Cl)cc2)OC3)cc1. The third-order valence-corrected chi connectivity index (χ3v) is 4.82. The van der Waals surface area contributed by atoms with E-state index < -0.39 is 0 Å². The zero-order chi connectivity index (χ0) is 20.4. The Morgan fingerprint density at radius 1 is 1.07 bits per heavy atom. The van der Waals surface area contributed by atoms with Crippen LogP contribution in [-0.4, -0.2) is 21.6 Å². The zero-order valence-corrected chi connectivity index (χ0v) is 16.4. The zero-order valence-electron chi connectivity index (χ0n) is 15.7. The lowest BCUT2D eigenvalue weighted by Gasteiger charge is -2.24. The Labute approximate surface area is 172 Å². The van der Waals surface area contributed by atoms with E-state index in [1.807, 2.05) is 24.3 Å². The number of fused-ring (bicyclic) bond motifs is 1. The van der Waals surface area contributed by atoms with Crippen molar-refractivity contribution in [1.82, 2.24) is 9.78 Å². The van der Waals surface area contributed by atoms with E-state index in [0.717, 1.165) is 11.3 Å². The van der Waals surface area contributed by atoms with Crippen molar-refractivity contribution in [2.45, 2.75) is 26.2 Å². The number of carbonyl (C=O) groups excluding carboxylic acids is 2. The lowest BCUT2D eigenvalue weighted by atomic mass is 10.1. The molecule has 0 spiro atoms. The van der Waals surface area contributed by atoms with Crippen LogP contribution < -0.4 is 10.6 Å². The number of carbonyl (C=O) groups is 2. The molecule has 7 nitrogen and oxygen atoms in total. The molecule has 148 valence electrons. The first-order valence-electron chi connectivity index (χ1n) is 9.11. The monoisotopic (exact) mass is 410 g/mol. The van der Waals surface area contributed by atoms with Crippen LogP contribution in [0.15, 0.2) is 54.6 Å². The summed E-state index contributed by atoms with van der Waals surface area (Å²) in [5.74, 6) is -0.452. The number of rotatable bonds is 4. The summed E-state index contributed by atoms with van der Waals surface area (Å²) in [7, 11) is 0. The molecule has 1 aromatic heterocycles. The van der Waals surface area contributed by atoms with Gasteiger partial charge in [-0.2, -0.15) is 5.10 Å². The van der Waals surface area contributed by atoms with Crippen molar-refractivity contribution in [1.29, 1.82) is 0 Å². The largest absolute Gasteiger partial charge is 0.365 e. The number of aromatic nitrogens is 2. The number of anilines is 2. The molecule has 0 radical (unpaired) electrons. The van der Waals surface area contributed by atoms with E-state index in [0.29, 0.717) is 35.2 Å². The highest BCUT2D eigenvalue weighted by Gasteiger charge is 2.24. The maximum absolute atomic E-state index is 12.6. The predicted molar refractivity (Wildman–Crippen MR) is 110 cm³/mol. The van der Waals surface area contributed by atoms with Crippen LogP contribution >= 0.6 is 11.6 Å². The molecule has 2 N–H and O–H groups in total. The summed E-state index contributed by atoms with van der Waals surface area (Å²) >= 11 is 5.95. The summed E-state index contributed by atoms with van der Waals surface area (Å²) in [4.78, 5) is 23.6. The van der Waals surface area contributed by atoms with Gasteiger partial charge in [0.25, 0.3) is 5.91 Å². The summed E-state index contributed by atoms with van der Waals surface area (Å²) in [6, 6.07) is 16.1. The lowest BCUT2D eigenvalue weighted by Crippen LogP contribution is -2.22. The van der Waals surface area contributed by atoms with Crippen molar-refractivity contribution in [3.8, 4) is 0 Å². The van der Waals surface area contributed by atoms with Gasteiger partial charge in [-0.05, 0) is 48.0 Å². The smallest absolute Gasteiger partial charge is 0.276 e. The molecule has 2 aromatic carbocycles. The second kappa shape index (κ2) is 8.06. The van der Waals surface area contributed by atoms with Gasteiger partial charge in [0.05, 0.1) is 18.8 Å². The molecule has 4 rings (SSSR count). The van der Waals surface area contributed by atoms with E-state index in [1.54, 1.807) is 35.0 Å². The number of hydrogen-bond donors (Lipinski definition) is 2. The Kier molecular flexibility index (Phi) is 5.33. The fraction of sp³-hybridized carbons (Fsp3) is 0.190. The summed E-state index contributed by atoms with van der Waals surface area (Å²) in [6.45, 7) is 2.34. The standard InChI is InChI=1S/C21H19ClN4O3/c1-13(27)23-16-6-8-17(9-7-16)24-21(28)19-10-18-12-29-20(11-26(18)25-19)14-2-4-15(22)5-3-14/h2-10,20H,11-12H2,1H3,(H,23,27)(H,24,28)/t20-/m0/s1. The molecule has 0 saturated heterocycles. The van der Waals surface area contributed by atoms with Crippen LogP contribution in [0.1, 0.15) is 34.8 Å². The minimum absolute atomic E-state index is 0.142. The molecule has 8 heteroatoms. The lowest BCUT2D eigenvalue weighted by molar-refractivity contribution is -0.114. The molecule has 0 unspecified atom stereocenters. The molecular formula is C21H19ClN4O3. The Bertz CT molecular complexity index is 1040. The van der Waals surface area contributed by atoms with Gasteiger partial charge in [0.15, 0.2) is 5.69 Å². The van der Waals surface area contributed by atoms with E-state index in [4.69, 9.17) is 16.3 Å². The third kappa shape index (κ3) is 4.47. The van der Waals surface area contributed by atoms with E-state index in [-0.39, 0.29) is 17.9 Å². The summed E-state index contributed by atoms with van der Waals surface area (Å²) in [5.41, 5.74) is 3.47. The van der Waals surface area contributed by atoms with E-state index in [9.17, 15) is 9.59 Å². The molecular weight excluding hydrogens is 392 g/mol. The topological polar surface area (TPSA) is 85.3 Å². The van der Waals surface area contributed by atoms with Crippen molar-refractivity contribution >= 4 is 34.8 Å². The van der Waals surface area contributed by atoms with Crippen LogP contribution in [0.4, 0.5) is 11.4 Å². The average Bonchev–Trinajstić information content (AvgIpc) is 3.13. The highest BCUT2D eigenvalue weighted by molar-refractivity contribution is 6.30. The first-order chi connectivity index (χ1) is 14.0. The molecule has 2 heterocycles. The van der Waals surface area contributed by atoms with Crippen molar-refractivity contribution in [2.75, 3.05) is 10.6 Å². The number of halogens is 1. The minimum atomic E-state index is -0.303. The Hall–Kier alpha value is -3.16. The number of amides is 2. The van der Waals surface area contributed by atoms with E-state index in [2.05, 4.69) is 15.7 Å². The number of benzene rings is 2. The molecule has 0 saturated carbocycles. The summed E-state index contributed by atoms with van der Waals surface area (Å²) in [5, 5.41) is 10.6. The van der Waals surface area contributed by atoms with Crippen LogP contribution in [-0.2, 0) is 22.7 Å². The normalized spacial score (nSPS) is 15.4. The molecule has 1 aliphatic rings. The van der Waals surface area contributed by atoms with Gasteiger partial charge < -0.3 is 15.4 Å². The van der Waals surface area contributed by atoms with Crippen molar-refractivity contribution in [3.63, 3.8) is 0 Å². The molecule has 1 atom stereocenters. The van der Waals surface area contributed by atoms with Gasteiger partial charge in [-0.25, -0.2) is 0 Å². The minimum Gasteiger partial charge on any atom is -0.365 e. The Morgan fingerprint density at radius 2 is 1.72 bits per heavy atom. The second-order valence-corrected chi connectivity index (χ2v) is 7.20. The Morgan fingerprint density at radius 3 is 2.38 bits per heavy atom. The number of hydrogen-bond acceptors (Lipinski definition) is 4. The number of ether oxygens (including phenoxy) is 1. The van der Waals surface area contributed by atoms with Gasteiger partial charge in [0, 0.05) is 23.3 Å². The fourth-order valence-corrected chi connectivity index (χ4v) is 3.28. The second-order valence-electron chi connectivity index (χ2n) is 6.77. The summed E-state index contributed by atoms with van der Waals surface area (Å²) < 4.78 is 7.72. The van der Waals surface area contributed by atoms with E-state index >= 15 is 0 Å². The number of nitrogens with zero attached hydrogens (tertiary/aromatic N) is 2. The molecule has 0 aliphatic carbocycles. The van der Waals surface area contributed by atoms with Crippen LogP contribution in [0, 0.1) is 0 Å². The van der Waals surface area contributed by atoms with Crippen LogP contribution in [0.2, 0.25) is 5.02 Å². The average molecular weight is 411 g/mol. The summed E-state index contributed by atoms with van der Waals surface area (Å²) in [6.07, 6.45) is -0.142. The van der Waals surface area contributed by atoms with Crippen molar-refractivity contribution in [2.24, 2.45) is 0 Å². The van der Waals surface area contributed by atoms with Crippen molar-refractivity contribution < 1.29 is 14.3 Å². The maximum Gasteiger partial charge on any atom is 0.276 e. The van der Waals surface area contributed by atoms with Gasteiger partial charge in [-0.15, -0.1) is 0 Å². The molecule has 2 amide bonds. The quantitative estimate of drug-likeness (QED) is 0.680. The first-order valence-corrected chi connectivity index (χ1v) is 9.48. The molecule has 3 aromatic rings. The number of nitrogens with one attached hydrogen (secondary N) is 2. The van der Waals surface area contributed by atoms with Gasteiger partial charge >= 0.3 is 0 Å². The maximum atomic E-state index is 12.6. The predicted octanol–water partition coefficient (Wildman–Crippen LogP) is 4.02. The van der Waals surface area contributed by atoms with E-state index in [1.165, 1.54) is 6.92 Å². The Balaban J connectivity index is 1.43. The van der Waals surface area contributed by atoms with Crippen molar-refractivity contribution in [3.05, 3.63) is 76.6 Å². The van der Waals surface area contributed by atoms with Crippen LogP contribution in [0.25, 0.3) is 0 Å². The molecule has 1 aliphatic heterocycles.